The van der Waals surface area contributed by atoms with Crippen LogP contribution >= 0.6 is 0 Å². The zero-order valence-corrected chi connectivity index (χ0v) is 6.34. The molecule has 1 aromatic heterocycles. The molecule has 1 N–H and O–H groups in total. The molecule has 2 heteroatoms. The molecule has 2 aromatic rings. The van der Waals surface area contributed by atoms with E-state index in [4.69, 9.17) is 0 Å². The number of H-pyrrole nitrogens is 1. The lowest BCUT2D eigenvalue weighted by Gasteiger charge is -1.95. The van der Waals surface area contributed by atoms with Crippen LogP contribution in [0.4, 0.5) is 4.39 Å². The number of halogens is 1. The van der Waals surface area contributed by atoms with Gasteiger partial charge in [0.15, 0.2) is 0 Å². The maximum absolute atomic E-state index is 12.5. The van der Waals surface area contributed by atoms with Gasteiger partial charge in [0.2, 0.25) is 0 Å². The van der Waals surface area contributed by atoms with Crippen LogP contribution in [-0.2, 0) is 0 Å². The average Bonchev–Trinajstić information content (AvgIpc) is 2.58. The minimum Gasteiger partial charge on any atom is -0.361 e. The van der Waals surface area contributed by atoms with Gasteiger partial charge in [0.1, 0.15) is 5.82 Å². The summed E-state index contributed by atoms with van der Waals surface area (Å²) < 4.78 is 12.5. The van der Waals surface area contributed by atoms with E-state index in [1.165, 1.54) is 12.1 Å². The lowest BCUT2D eigenvalue weighted by Crippen LogP contribution is -1.77. The number of aromatic nitrogens is 1. The van der Waals surface area contributed by atoms with Crippen molar-refractivity contribution in [3.05, 3.63) is 48.4 Å². The first kappa shape index (κ1) is 7.10. The van der Waals surface area contributed by atoms with E-state index in [0.29, 0.717) is 0 Å². The first-order valence-electron chi connectivity index (χ1n) is 3.67. The molecule has 0 fully saturated rings. The van der Waals surface area contributed by atoms with Crippen molar-refractivity contribution in [1.82, 2.24) is 4.98 Å². The molecule has 1 aromatic carbocycles. The smallest absolute Gasteiger partial charge is 0.123 e. The van der Waals surface area contributed by atoms with Gasteiger partial charge >= 0.3 is 0 Å². The second kappa shape index (κ2) is 2.81. The predicted octanol–water partition coefficient (Wildman–Crippen LogP) is 2.62. The average molecular weight is 160 g/mol. The summed E-state index contributed by atoms with van der Waals surface area (Å²) in [5.41, 5.74) is 1.92. The molecular weight excluding hydrogens is 153 g/mol. The van der Waals surface area contributed by atoms with Gasteiger partial charge in [0.05, 0.1) is 0 Å². The maximum atomic E-state index is 12.5. The third-order valence-corrected chi connectivity index (χ3v) is 1.69. The lowest BCUT2D eigenvalue weighted by molar-refractivity contribution is 0.628. The Hall–Kier alpha value is -1.57. The van der Waals surface area contributed by atoms with E-state index in [0.717, 1.165) is 11.3 Å². The summed E-state index contributed by atoms with van der Waals surface area (Å²) in [6, 6.07) is 11.1. The van der Waals surface area contributed by atoms with Crippen LogP contribution in [0.3, 0.4) is 0 Å². The standard InChI is InChI=1S/C10H7FN/c11-9-5-3-8(4-6-9)10-2-1-7-12-10/h2-7,12H. The van der Waals surface area contributed by atoms with Crippen molar-refractivity contribution in [1.29, 1.82) is 0 Å². The van der Waals surface area contributed by atoms with Crippen molar-refractivity contribution in [3.63, 3.8) is 0 Å². The molecule has 0 saturated carbocycles. The van der Waals surface area contributed by atoms with Crippen molar-refractivity contribution in [2.45, 2.75) is 0 Å². The van der Waals surface area contributed by atoms with Crippen LogP contribution in [0, 0.1) is 11.9 Å². The van der Waals surface area contributed by atoms with Crippen LogP contribution in [0.25, 0.3) is 11.3 Å². The SMILES string of the molecule is Fc1ccc(-c2c[c]c[nH]2)cc1. The molecule has 59 valence electrons. The van der Waals surface area contributed by atoms with Crippen LogP contribution in [0.2, 0.25) is 0 Å². The molecule has 0 aliphatic heterocycles. The Labute approximate surface area is 69.9 Å². The zero-order chi connectivity index (χ0) is 8.39. The van der Waals surface area contributed by atoms with Gasteiger partial charge in [0, 0.05) is 18.0 Å². The van der Waals surface area contributed by atoms with E-state index in [9.17, 15) is 4.39 Å². The Morgan fingerprint density at radius 3 is 2.50 bits per heavy atom. The van der Waals surface area contributed by atoms with E-state index in [-0.39, 0.29) is 5.82 Å². The Kier molecular flexibility index (Phi) is 1.67. The molecule has 0 atom stereocenters. The molecule has 1 heterocycles. The monoisotopic (exact) mass is 160 g/mol. The van der Waals surface area contributed by atoms with E-state index in [2.05, 4.69) is 11.1 Å². The van der Waals surface area contributed by atoms with Crippen molar-refractivity contribution in [2.75, 3.05) is 0 Å². The van der Waals surface area contributed by atoms with Gasteiger partial charge in [0.25, 0.3) is 0 Å². The summed E-state index contributed by atoms with van der Waals surface area (Å²) in [7, 11) is 0. The molecule has 1 radical (unpaired) electrons. The minimum absolute atomic E-state index is 0.214. The first-order chi connectivity index (χ1) is 5.86. The summed E-state index contributed by atoms with van der Waals surface area (Å²) in [4.78, 5) is 2.99. The fraction of sp³-hybridized carbons (Fsp3) is 0. The van der Waals surface area contributed by atoms with Gasteiger partial charge in [-0.25, -0.2) is 4.39 Å². The van der Waals surface area contributed by atoms with E-state index >= 15 is 0 Å². The summed E-state index contributed by atoms with van der Waals surface area (Å²) in [6.45, 7) is 0. The number of hydrogen-bond acceptors (Lipinski definition) is 0. The van der Waals surface area contributed by atoms with Gasteiger partial charge in [-0.05, 0) is 35.9 Å². The van der Waals surface area contributed by atoms with Crippen molar-refractivity contribution < 1.29 is 4.39 Å². The van der Waals surface area contributed by atoms with Crippen molar-refractivity contribution in [2.24, 2.45) is 0 Å². The van der Waals surface area contributed by atoms with E-state index in [1.807, 2.05) is 6.07 Å². The maximum Gasteiger partial charge on any atom is 0.123 e. The highest BCUT2D eigenvalue weighted by molar-refractivity contribution is 5.58. The topological polar surface area (TPSA) is 15.8 Å². The highest BCUT2D eigenvalue weighted by Crippen LogP contribution is 2.16. The van der Waals surface area contributed by atoms with Gasteiger partial charge in [-0.15, -0.1) is 0 Å². The van der Waals surface area contributed by atoms with Gasteiger partial charge in [-0.3, -0.25) is 0 Å². The highest BCUT2D eigenvalue weighted by Gasteiger charge is 1.96. The first-order valence-corrected chi connectivity index (χ1v) is 3.67. The summed E-state index contributed by atoms with van der Waals surface area (Å²) in [5, 5.41) is 0. The summed E-state index contributed by atoms with van der Waals surface area (Å²) >= 11 is 0. The molecule has 0 aliphatic carbocycles. The molecule has 0 aliphatic rings. The van der Waals surface area contributed by atoms with Gasteiger partial charge < -0.3 is 4.98 Å². The molecule has 0 amide bonds. The molecule has 0 bridgehead atoms. The van der Waals surface area contributed by atoms with Gasteiger partial charge in [-0.1, -0.05) is 0 Å². The molecule has 0 unspecified atom stereocenters. The summed E-state index contributed by atoms with van der Waals surface area (Å²) in [6.07, 6.45) is 1.72. The van der Waals surface area contributed by atoms with Crippen LogP contribution < -0.4 is 0 Å². The minimum atomic E-state index is -0.214. The van der Waals surface area contributed by atoms with Crippen LogP contribution in [-0.4, -0.2) is 4.98 Å². The molecule has 1 nitrogen and oxygen atoms in total. The Morgan fingerprint density at radius 1 is 1.17 bits per heavy atom. The largest absolute Gasteiger partial charge is 0.361 e. The Morgan fingerprint density at radius 2 is 1.92 bits per heavy atom. The number of nitrogens with one attached hydrogen (secondary N) is 1. The van der Waals surface area contributed by atoms with Crippen molar-refractivity contribution in [3.8, 4) is 11.3 Å². The number of benzene rings is 1. The third kappa shape index (κ3) is 1.23. The van der Waals surface area contributed by atoms with E-state index in [1.54, 1.807) is 18.3 Å². The predicted molar refractivity (Wildman–Crippen MR) is 45.0 cm³/mol. The summed E-state index contributed by atoms with van der Waals surface area (Å²) in [5.74, 6) is -0.214. The van der Waals surface area contributed by atoms with Gasteiger partial charge in [-0.2, -0.15) is 0 Å². The normalized spacial score (nSPS) is 10.1. The van der Waals surface area contributed by atoms with E-state index < -0.39 is 0 Å². The quantitative estimate of drug-likeness (QED) is 0.660. The lowest BCUT2D eigenvalue weighted by atomic mass is 10.1. The van der Waals surface area contributed by atoms with Crippen LogP contribution in [0.15, 0.2) is 36.5 Å². The molecule has 12 heavy (non-hydrogen) atoms. The fourth-order valence-electron chi connectivity index (χ4n) is 1.08. The molecule has 0 saturated heterocycles. The molecular formula is C10H7FN. The highest BCUT2D eigenvalue weighted by atomic mass is 19.1. The number of rotatable bonds is 1. The second-order valence-electron chi connectivity index (χ2n) is 2.52. The number of hydrogen-bond donors (Lipinski definition) is 1. The van der Waals surface area contributed by atoms with Crippen molar-refractivity contribution >= 4 is 0 Å². The van der Waals surface area contributed by atoms with Crippen LogP contribution in [0.5, 0.6) is 0 Å². The zero-order valence-electron chi connectivity index (χ0n) is 6.34. The number of aromatic amines is 1. The molecule has 0 spiro atoms. The Bertz CT molecular complexity index is 348. The van der Waals surface area contributed by atoms with Crippen LogP contribution in [0.1, 0.15) is 0 Å². The Balaban J connectivity index is 2.43. The third-order valence-electron chi connectivity index (χ3n) is 1.69. The fourth-order valence-corrected chi connectivity index (χ4v) is 1.08. The second-order valence-corrected chi connectivity index (χ2v) is 2.52. The molecule has 2 rings (SSSR count).